The summed E-state index contributed by atoms with van der Waals surface area (Å²) < 4.78 is 16.7. The second-order valence-corrected chi connectivity index (χ2v) is 13.8. The van der Waals surface area contributed by atoms with Gasteiger partial charge >= 0.3 is 5.97 Å². The van der Waals surface area contributed by atoms with Crippen molar-refractivity contribution >= 4 is 17.8 Å². The molecule has 9 nitrogen and oxygen atoms in total. The molecule has 4 aliphatic carbocycles. The predicted molar refractivity (Wildman–Crippen MR) is 177 cm³/mol. The van der Waals surface area contributed by atoms with Gasteiger partial charge in [-0.1, -0.05) is 24.3 Å². The summed E-state index contributed by atoms with van der Waals surface area (Å²) in [5.41, 5.74) is 8.57. The van der Waals surface area contributed by atoms with Crippen molar-refractivity contribution in [3.05, 3.63) is 77.9 Å². The number of carbonyl (C=O) groups is 3. The zero-order chi connectivity index (χ0) is 33.1. The van der Waals surface area contributed by atoms with Crippen molar-refractivity contribution in [2.45, 2.75) is 64.0 Å². The number of nitrogens with two attached hydrogens (primary N) is 1. The first kappa shape index (κ1) is 32.4. The van der Waals surface area contributed by atoms with E-state index >= 15 is 0 Å². The molecule has 3 N–H and O–H groups in total. The summed E-state index contributed by atoms with van der Waals surface area (Å²) in [4.78, 5) is 39.9. The standard InChI is InChI=1S/C38H44N2O7/c1-45-32-16-27(17-33(18-32)46-2)22-47-31-9-7-29(8-10-31)28-3-5-30(6-4-28)36(42)40(34(37(43)44)11-12-35(39)41)23-38-19-24-13-25(20-38)15-26(14-24)21-38/h3-10,16-18,24-26,34H,11-15,19-23H2,1-2H3,(H2,39,41)(H,43,44)/t24?,25?,26?,34-,38?/m0/s1. The fourth-order valence-corrected chi connectivity index (χ4v) is 8.69. The van der Waals surface area contributed by atoms with E-state index in [0.717, 1.165) is 36.0 Å². The Bertz CT molecular complexity index is 1540. The van der Waals surface area contributed by atoms with Gasteiger partial charge in [-0.05, 0) is 121 Å². The average Bonchev–Trinajstić information content (AvgIpc) is 3.05. The normalized spacial score (nSPS) is 23.1. The summed E-state index contributed by atoms with van der Waals surface area (Å²) in [6, 6.07) is 19.5. The van der Waals surface area contributed by atoms with Gasteiger partial charge in [0, 0.05) is 24.6 Å². The third-order valence-electron chi connectivity index (χ3n) is 10.4. The lowest BCUT2D eigenvalue weighted by atomic mass is 9.49. The van der Waals surface area contributed by atoms with E-state index in [1.165, 1.54) is 24.2 Å². The van der Waals surface area contributed by atoms with Crippen molar-refractivity contribution in [1.29, 1.82) is 0 Å². The van der Waals surface area contributed by atoms with Crippen LogP contribution in [0.5, 0.6) is 17.2 Å². The van der Waals surface area contributed by atoms with Crippen LogP contribution in [0, 0.1) is 23.2 Å². The molecule has 0 aliphatic heterocycles. The van der Waals surface area contributed by atoms with Crippen molar-refractivity contribution in [3.63, 3.8) is 0 Å². The molecule has 3 aromatic carbocycles. The summed E-state index contributed by atoms with van der Waals surface area (Å²) in [6.45, 7) is 0.747. The van der Waals surface area contributed by atoms with Crippen LogP contribution < -0.4 is 19.9 Å². The maximum atomic E-state index is 14.1. The molecule has 7 rings (SSSR count). The number of carboxylic acids is 1. The van der Waals surface area contributed by atoms with E-state index in [-0.39, 0.29) is 24.2 Å². The Morgan fingerprint density at radius 3 is 1.85 bits per heavy atom. The van der Waals surface area contributed by atoms with E-state index < -0.39 is 17.9 Å². The third kappa shape index (κ3) is 7.39. The van der Waals surface area contributed by atoms with Gasteiger partial charge in [0.25, 0.3) is 5.91 Å². The number of amides is 2. The van der Waals surface area contributed by atoms with Crippen LogP contribution in [0.25, 0.3) is 11.1 Å². The zero-order valence-corrected chi connectivity index (χ0v) is 27.2. The molecule has 3 aromatic rings. The summed E-state index contributed by atoms with van der Waals surface area (Å²) in [7, 11) is 3.22. The molecule has 4 bridgehead atoms. The summed E-state index contributed by atoms with van der Waals surface area (Å²) in [5.74, 6) is 2.09. The number of methoxy groups -OCH3 is 2. The highest BCUT2D eigenvalue weighted by molar-refractivity contribution is 5.97. The number of ether oxygens (including phenoxy) is 3. The first-order valence-electron chi connectivity index (χ1n) is 16.5. The SMILES string of the molecule is COc1cc(COc2ccc(-c3ccc(C(=O)N(CC45CC6CC(CC(C6)C4)C5)[C@@H](CCC(N)=O)C(=O)O)cc3)cc2)cc(OC)c1. The molecule has 0 heterocycles. The summed E-state index contributed by atoms with van der Waals surface area (Å²) >= 11 is 0. The van der Waals surface area contributed by atoms with E-state index in [9.17, 15) is 19.5 Å². The van der Waals surface area contributed by atoms with E-state index in [1.54, 1.807) is 26.4 Å². The molecule has 4 aliphatic rings. The zero-order valence-electron chi connectivity index (χ0n) is 27.2. The number of nitrogens with zero attached hydrogens (tertiary/aromatic N) is 1. The smallest absolute Gasteiger partial charge is 0.326 e. The number of primary amides is 1. The monoisotopic (exact) mass is 640 g/mol. The van der Waals surface area contributed by atoms with Gasteiger partial charge in [-0.15, -0.1) is 0 Å². The Kier molecular flexibility index (Phi) is 9.43. The topological polar surface area (TPSA) is 128 Å². The van der Waals surface area contributed by atoms with Crippen molar-refractivity contribution < 1.29 is 33.7 Å². The minimum absolute atomic E-state index is 0.000632. The van der Waals surface area contributed by atoms with Crippen LogP contribution in [0.2, 0.25) is 0 Å². The van der Waals surface area contributed by atoms with E-state index in [2.05, 4.69) is 0 Å². The van der Waals surface area contributed by atoms with Crippen molar-refractivity contribution in [1.82, 2.24) is 4.90 Å². The number of carbonyl (C=O) groups excluding carboxylic acids is 2. The van der Waals surface area contributed by atoms with Gasteiger partial charge in [0.2, 0.25) is 5.91 Å². The second kappa shape index (κ2) is 13.7. The van der Waals surface area contributed by atoms with Crippen LogP contribution in [0.4, 0.5) is 0 Å². The van der Waals surface area contributed by atoms with Crippen molar-refractivity contribution in [2.75, 3.05) is 20.8 Å². The molecule has 0 spiro atoms. The van der Waals surface area contributed by atoms with E-state index in [4.69, 9.17) is 19.9 Å². The quantitative estimate of drug-likeness (QED) is 0.211. The van der Waals surface area contributed by atoms with E-state index in [1.807, 2.05) is 54.6 Å². The number of hydrogen-bond acceptors (Lipinski definition) is 6. The Morgan fingerprint density at radius 1 is 0.830 bits per heavy atom. The molecular weight excluding hydrogens is 596 g/mol. The lowest BCUT2D eigenvalue weighted by molar-refractivity contribution is -0.144. The van der Waals surface area contributed by atoms with Crippen LogP contribution in [0.1, 0.15) is 67.3 Å². The van der Waals surface area contributed by atoms with Gasteiger partial charge in [0.1, 0.15) is 29.9 Å². The van der Waals surface area contributed by atoms with Gasteiger partial charge in [0.05, 0.1) is 14.2 Å². The lowest BCUT2D eigenvalue weighted by Crippen LogP contribution is -2.55. The summed E-state index contributed by atoms with van der Waals surface area (Å²) in [6.07, 6.45) is 6.79. The molecular formula is C38H44N2O7. The van der Waals surface area contributed by atoms with Gasteiger partial charge < -0.3 is 30.0 Å². The number of hydrogen-bond donors (Lipinski definition) is 2. The van der Waals surface area contributed by atoms with Crippen LogP contribution in [0.15, 0.2) is 66.7 Å². The molecule has 0 radical (unpaired) electrons. The van der Waals surface area contributed by atoms with Crippen LogP contribution >= 0.6 is 0 Å². The molecule has 9 heteroatoms. The average molecular weight is 641 g/mol. The van der Waals surface area contributed by atoms with Crippen LogP contribution in [-0.2, 0) is 16.2 Å². The third-order valence-corrected chi connectivity index (χ3v) is 10.4. The lowest BCUT2D eigenvalue weighted by Gasteiger charge is -2.58. The minimum Gasteiger partial charge on any atom is -0.497 e. The fourth-order valence-electron chi connectivity index (χ4n) is 8.69. The number of aliphatic carboxylic acids is 1. The summed E-state index contributed by atoms with van der Waals surface area (Å²) in [5, 5.41) is 10.3. The molecule has 4 fully saturated rings. The largest absolute Gasteiger partial charge is 0.497 e. The van der Waals surface area contributed by atoms with Crippen molar-refractivity contribution in [3.8, 4) is 28.4 Å². The first-order valence-corrected chi connectivity index (χ1v) is 16.5. The highest BCUT2D eigenvalue weighted by Crippen LogP contribution is 2.60. The molecule has 2 amide bonds. The van der Waals surface area contributed by atoms with Gasteiger partial charge in [-0.25, -0.2) is 4.79 Å². The van der Waals surface area contributed by atoms with Gasteiger partial charge in [-0.2, -0.15) is 0 Å². The molecule has 0 aromatic heterocycles. The Balaban J connectivity index is 1.17. The fraction of sp³-hybridized carbons (Fsp3) is 0.447. The first-order chi connectivity index (χ1) is 22.6. The Labute approximate surface area is 276 Å². The van der Waals surface area contributed by atoms with E-state index in [0.29, 0.717) is 53.7 Å². The Morgan fingerprint density at radius 2 is 1.36 bits per heavy atom. The van der Waals surface area contributed by atoms with Crippen LogP contribution in [0.3, 0.4) is 0 Å². The second-order valence-electron chi connectivity index (χ2n) is 13.8. The molecule has 0 unspecified atom stereocenters. The maximum absolute atomic E-state index is 14.1. The van der Waals surface area contributed by atoms with Crippen molar-refractivity contribution in [2.24, 2.45) is 28.9 Å². The number of carboxylic acid groups (broad SMARTS) is 1. The molecule has 248 valence electrons. The number of rotatable bonds is 14. The predicted octanol–water partition coefficient (Wildman–Crippen LogP) is 6.33. The highest BCUT2D eigenvalue weighted by Gasteiger charge is 2.52. The molecule has 47 heavy (non-hydrogen) atoms. The minimum atomic E-state index is -1.12. The highest BCUT2D eigenvalue weighted by atomic mass is 16.5. The molecule has 1 atom stereocenters. The number of benzene rings is 3. The molecule has 0 saturated heterocycles. The molecule has 4 saturated carbocycles. The Hall–Kier alpha value is -4.53. The van der Waals surface area contributed by atoms with Gasteiger partial charge in [0.15, 0.2) is 0 Å². The van der Waals surface area contributed by atoms with Crippen LogP contribution in [-0.4, -0.2) is 54.6 Å². The maximum Gasteiger partial charge on any atom is 0.326 e. The van der Waals surface area contributed by atoms with Gasteiger partial charge in [-0.3, -0.25) is 9.59 Å².